The van der Waals surface area contributed by atoms with E-state index in [4.69, 9.17) is 27.3 Å². The summed E-state index contributed by atoms with van der Waals surface area (Å²) in [5, 5.41) is 3.87. The molecule has 1 saturated heterocycles. The minimum absolute atomic E-state index is 0.00199. The highest BCUT2D eigenvalue weighted by atomic mass is 35.5. The quantitative estimate of drug-likeness (QED) is 0.184. The summed E-state index contributed by atoms with van der Waals surface area (Å²) >= 11 is 6.11. The molecule has 0 spiro atoms. The number of alkyl halides is 1. The van der Waals surface area contributed by atoms with E-state index >= 15 is 8.78 Å². The molecule has 2 aliphatic heterocycles. The van der Waals surface area contributed by atoms with Crippen LogP contribution in [-0.4, -0.2) is 59.4 Å². The van der Waals surface area contributed by atoms with Crippen molar-refractivity contribution in [1.82, 2.24) is 34.3 Å². The van der Waals surface area contributed by atoms with Gasteiger partial charge in [-0.1, -0.05) is 30.5 Å². The van der Waals surface area contributed by atoms with Crippen LogP contribution in [0, 0.1) is 11.7 Å². The van der Waals surface area contributed by atoms with Crippen LogP contribution < -0.4 is 11.1 Å². The second-order valence-electron chi connectivity index (χ2n) is 15.5. The summed E-state index contributed by atoms with van der Waals surface area (Å²) in [5.41, 5.74) is 7.34. The van der Waals surface area contributed by atoms with Gasteiger partial charge in [0.1, 0.15) is 22.1 Å². The Morgan fingerprint density at radius 2 is 1.81 bits per heavy atom. The molecular formula is C40H43ClF2N8O2. The van der Waals surface area contributed by atoms with Crippen LogP contribution in [0.2, 0.25) is 5.15 Å². The lowest BCUT2D eigenvalue weighted by molar-refractivity contribution is -0.135. The third-order valence-corrected chi connectivity index (χ3v) is 12.2. The number of carbonyl (C=O) groups excluding carboxylic acids is 2. The standard InChI is InChI=1S/C40H43ClF2N8O2/c1-22-30-14-10-24-20-32(49(36(24)46-30)16-5-3-2-4-15-40(43,39(53)45-22)33-7-6-8-34(41)48-33)37-47-31-19-25(18-28(42)35(31)51(37)26-12-13-26)38(52)50-21-29(44)23-9-11-27(50)17-23/h6-8,10,14,18-20,22-23,26-27,29H,2-5,9,11-13,15-17,21,44H2,1H3,(H,45,53)/t22-,23-,27+,29+,40+/m1/s1. The fraction of sp³-hybridized carbons (Fsp3) is 0.475. The number of imidazole rings is 1. The Balaban J connectivity index is 1.10. The van der Waals surface area contributed by atoms with Crippen LogP contribution >= 0.6 is 11.6 Å². The first-order valence-electron chi connectivity index (χ1n) is 19.0. The van der Waals surface area contributed by atoms with E-state index in [1.165, 1.54) is 12.1 Å². The number of amides is 2. The number of aryl methyl sites for hydroxylation is 1. The zero-order valence-corrected chi connectivity index (χ0v) is 30.5. The van der Waals surface area contributed by atoms with Crippen molar-refractivity contribution in [1.29, 1.82) is 0 Å². The lowest BCUT2D eigenvalue weighted by Gasteiger charge is -2.37. The van der Waals surface area contributed by atoms with E-state index in [1.54, 1.807) is 25.1 Å². The van der Waals surface area contributed by atoms with E-state index in [0.29, 0.717) is 65.6 Å². The molecule has 2 aliphatic carbocycles. The number of fused-ring (bicyclic) bond motifs is 4. The minimum Gasteiger partial charge on any atom is -0.345 e. The number of rotatable bonds is 4. The summed E-state index contributed by atoms with van der Waals surface area (Å²) in [5.74, 6) is -0.335. The van der Waals surface area contributed by atoms with Crippen LogP contribution in [0.3, 0.4) is 0 Å². The molecule has 4 aromatic heterocycles. The fourth-order valence-corrected chi connectivity index (χ4v) is 9.10. The number of likely N-dealkylation sites (tertiary alicyclic amines) is 1. The summed E-state index contributed by atoms with van der Waals surface area (Å²) in [4.78, 5) is 43.6. The largest absolute Gasteiger partial charge is 0.345 e. The number of nitrogens with one attached hydrogen (secondary N) is 1. The Hall–Kier alpha value is -4.42. The first kappa shape index (κ1) is 34.4. The van der Waals surface area contributed by atoms with Crippen molar-refractivity contribution in [2.24, 2.45) is 11.7 Å². The lowest BCUT2D eigenvalue weighted by atomic mass is 9.92. The Morgan fingerprint density at radius 3 is 2.62 bits per heavy atom. The average molecular weight is 741 g/mol. The van der Waals surface area contributed by atoms with Crippen molar-refractivity contribution in [3.63, 3.8) is 0 Å². The summed E-state index contributed by atoms with van der Waals surface area (Å²) in [6.45, 7) is 2.89. The SMILES string of the molecule is C[C@H]1NC(=O)[C@@](F)(c2cccc(Cl)n2)CCCCCCn2c(-c3nc4cc(C(=O)N5C[C@H](N)[C@@H]6CC[C@H]5C6)cc(F)c4n3C3CC3)cc3ccc1nc32. The van der Waals surface area contributed by atoms with Crippen LogP contribution in [-0.2, 0) is 17.0 Å². The van der Waals surface area contributed by atoms with Crippen molar-refractivity contribution in [3.05, 3.63) is 76.5 Å². The highest BCUT2D eigenvalue weighted by Crippen LogP contribution is 2.44. The van der Waals surface area contributed by atoms with Gasteiger partial charge in [0, 0.05) is 42.2 Å². The van der Waals surface area contributed by atoms with E-state index < -0.39 is 23.4 Å². The van der Waals surface area contributed by atoms with Gasteiger partial charge in [0.25, 0.3) is 11.8 Å². The summed E-state index contributed by atoms with van der Waals surface area (Å²) in [6, 6.07) is 13.2. The molecule has 4 bridgehead atoms. The van der Waals surface area contributed by atoms with Crippen LogP contribution in [0.25, 0.3) is 33.6 Å². The van der Waals surface area contributed by atoms with Gasteiger partial charge in [0.05, 0.1) is 28.6 Å². The second kappa shape index (κ2) is 13.2. The van der Waals surface area contributed by atoms with Crippen molar-refractivity contribution in [2.45, 2.75) is 108 Å². The molecule has 53 heavy (non-hydrogen) atoms. The molecule has 1 aromatic carbocycles. The topological polar surface area (TPSA) is 124 Å². The molecule has 3 fully saturated rings. The third kappa shape index (κ3) is 5.98. The highest BCUT2D eigenvalue weighted by molar-refractivity contribution is 6.29. The van der Waals surface area contributed by atoms with E-state index in [0.717, 1.165) is 56.0 Å². The molecule has 9 rings (SSSR count). The third-order valence-electron chi connectivity index (χ3n) is 12.0. The number of halogens is 3. The number of carbonyl (C=O) groups is 2. The van der Waals surface area contributed by atoms with Crippen LogP contribution in [0.15, 0.2) is 48.5 Å². The molecule has 4 aliphatic rings. The summed E-state index contributed by atoms with van der Waals surface area (Å²) < 4.78 is 37.1. The number of piperidine rings is 1. The Bertz CT molecular complexity index is 2270. The van der Waals surface area contributed by atoms with Crippen LogP contribution in [0.5, 0.6) is 0 Å². The van der Waals surface area contributed by atoms with E-state index in [-0.39, 0.29) is 41.3 Å². The maximum atomic E-state index is 16.7. The normalized spacial score (nSPS) is 26.7. The second-order valence-corrected chi connectivity index (χ2v) is 15.9. The van der Waals surface area contributed by atoms with Gasteiger partial charge in [0.2, 0.25) is 5.67 Å². The Kier molecular flexibility index (Phi) is 8.53. The smallest absolute Gasteiger partial charge is 0.264 e. The molecule has 10 nitrogen and oxygen atoms in total. The predicted octanol–water partition coefficient (Wildman–Crippen LogP) is 7.53. The molecule has 0 unspecified atom stereocenters. The van der Waals surface area contributed by atoms with Gasteiger partial charge in [-0.05, 0) is 107 Å². The molecule has 276 valence electrons. The Morgan fingerprint density at radius 1 is 1.00 bits per heavy atom. The van der Waals surface area contributed by atoms with Crippen LogP contribution in [0.1, 0.15) is 105 Å². The number of nitrogens with zero attached hydrogens (tertiary/aromatic N) is 6. The molecule has 5 aromatic rings. The van der Waals surface area contributed by atoms with Gasteiger partial charge in [-0.25, -0.2) is 23.7 Å². The lowest BCUT2D eigenvalue weighted by Crippen LogP contribution is -2.51. The fourth-order valence-electron chi connectivity index (χ4n) is 8.94. The number of benzene rings is 1. The van der Waals surface area contributed by atoms with Crippen molar-refractivity contribution >= 4 is 45.5 Å². The number of hydrogen-bond donors (Lipinski definition) is 2. The molecule has 0 radical (unpaired) electrons. The number of pyridine rings is 2. The zero-order valence-electron chi connectivity index (χ0n) is 29.7. The maximum Gasteiger partial charge on any atom is 0.264 e. The van der Waals surface area contributed by atoms with Gasteiger partial charge in [-0.3, -0.25) is 9.59 Å². The van der Waals surface area contributed by atoms with Gasteiger partial charge in [-0.15, -0.1) is 0 Å². The van der Waals surface area contributed by atoms with E-state index in [9.17, 15) is 9.59 Å². The van der Waals surface area contributed by atoms with Gasteiger partial charge < -0.3 is 25.1 Å². The average Bonchev–Trinajstić information content (AvgIpc) is 3.61. The summed E-state index contributed by atoms with van der Waals surface area (Å²) in [6.07, 6.45) is 7.39. The number of nitrogens with two attached hydrogens (primary N) is 1. The first-order valence-corrected chi connectivity index (χ1v) is 19.4. The highest BCUT2D eigenvalue weighted by Gasteiger charge is 2.43. The summed E-state index contributed by atoms with van der Waals surface area (Å²) in [7, 11) is 0. The van der Waals surface area contributed by atoms with E-state index in [1.807, 2.05) is 27.7 Å². The number of hydrogen-bond acceptors (Lipinski definition) is 6. The van der Waals surface area contributed by atoms with Crippen molar-refractivity contribution in [2.75, 3.05) is 6.54 Å². The van der Waals surface area contributed by atoms with Crippen molar-refractivity contribution in [3.8, 4) is 11.5 Å². The minimum atomic E-state index is -2.34. The van der Waals surface area contributed by atoms with E-state index in [2.05, 4.69) is 14.9 Å². The van der Waals surface area contributed by atoms with Crippen LogP contribution in [0.4, 0.5) is 8.78 Å². The van der Waals surface area contributed by atoms with Gasteiger partial charge in [0.15, 0.2) is 5.82 Å². The molecule has 2 saturated carbocycles. The molecular weight excluding hydrogens is 698 g/mol. The molecule has 6 heterocycles. The molecule has 3 N–H and O–H groups in total. The number of aromatic nitrogens is 5. The van der Waals surface area contributed by atoms with Crippen molar-refractivity contribution < 1.29 is 18.4 Å². The molecule has 5 atom stereocenters. The molecule has 13 heteroatoms. The first-order chi connectivity index (χ1) is 25.6. The monoisotopic (exact) mass is 740 g/mol. The predicted molar refractivity (Wildman–Crippen MR) is 199 cm³/mol. The Labute approximate surface area is 311 Å². The molecule has 2 amide bonds. The zero-order chi connectivity index (χ0) is 36.6. The van der Waals surface area contributed by atoms with Gasteiger partial charge >= 0.3 is 0 Å². The van der Waals surface area contributed by atoms with Gasteiger partial charge in [-0.2, -0.15) is 0 Å². The maximum absolute atomic E-state index is 16.7.